The maximum atomic E-state index is 16.5. The number of alkyl halides is 3. The molecule has 5 nitrogen and oxygen atoms in total. The van der Waals surface area contributed by atoms with Gasteiger partial charge in [0.1, 0.15) is 12.4 Å². The van der Waals surface area contributed by atoms with Crippen LogP contribution in [0, 0.1) is 5.92 Å². The van der Waals surface area contributed by atoms with Gasteiger partial charge in [-0.05, 0) is 77.0 Å². The van der Waals surface area contributed by atoms with Crippen molar-refractivity contribution < 1.29 is 27.5 Å². The van der Waals surface area contributed by atoms with Crippen molar-refractivity contribution in [3.63, 3.8) is 0 Å². The number of benzene rings is 4. The van der Waals surface area contributed by atoms with E-state index in [2.05, 4.69) is 4.90 Å². The molecule has 2 atom stereocenters. The second-order valence-corrected chi connectivity index (χ2v) is 19.4. The smallest absolute Gasteiger partial charge is 0.260 e. The highest BCUT2D eigenvalue weighted by atomic mass is 28.4. The molecule has 0 radical (unpaired) electrons. The van der Waals surface area contributed by atoms with Crippen molar-refractivity contribution in [1.29, 1.82) is 0 Å². The Morgan fingerprint density at radius 2 is 1.52 bits per heavy atom. The van der Waals surface area contributed by atoms with Gasteiger partial charge in [0.2, 0.25) is 0 Å². The number of ketones is 1. The van der Waals surface area contributed by atoms with Crippen molar-refractivity contribution in [3.8, 4) is 5.75 Å². The second-order valence-electron chi connectivity index (χ2n) is 15.5. The first-order valence-electron chi connectivity index (χ1n) is 18.4. The molecule has 0 unspecified atom stereocenters. The number of hydrogen-bond donors (Lipinski definition) is 1. The lowest BCUT2D eigenvalue weighted by molar-refractivity contribution is -0.0606. The molecule has 4 aromatic rings. The third kappa shape index (κ3) is 8.08. The number of Topliss-reactive ketones (excluding diaryl/α,β-unsaturated/α-hetero) is 1. The molecule has 0 aliphatic carbocycles. The Kier molecular flexibility index (Phi) is 11.5. The average Bonchev–Trinajstić information content (AvgIpc) is 3.12. The van der Waals surface area contributed by atoms with Crippen molar-refractivity contribution in [1.82, 2.24) is 9.80 Å². The molecule has 2 aliphatic heterocycles. The summed E-state index contributed by atoms with van der Waals surface area (Å²) in [5, 5.41) is 0.806. The van der Waals surface area contributed by atoms with Gasteiger partial charge in [-0.3, -0.25) is 19.0 Å². The molecular formula is C43H51F3N2O3Si. The van der Waals surface area contributed by atoms with Crippen LogP contribution >= 0.6 is 0 Å². The first-order chi connectivity index (χ1) is 24.8. The Morgan fingerprint density at radius 3 is 2.10 bits per heavy atom. The summed E-state index contributed by atoms with van der Waals surface area (Å²) in [6, 6.07) is 31.7. The van der Waals surface area contributed by atoms with Crippen LogP contribution in [-0.2, 0) is 6.42 Å². The summed E-state index contributed by atoms with van der Waals surface area (Å²) in [4.78, 5) is 28.9. The van der Waals surface area contributed by atoms with Gasteiger partial charge in [0.15, 0.2) is 5.78 Å². The summed E-state index contributed by atoms with van der Waals surface area (Å²) >= 11 is 0. The molecule has 0 spiro atoms. The largest absolute Gasteiger partial charge is 0.492 e. The SMILES string of the molecule is CC(=O)c1ccc2c(c1)C[C@H](C)N(CC(F)(F)CCC(C)(C)[Si](O)(c1ccccc1)c1ccccc1)[C@H]2c1ccc(OCCN2CC(CF)C2)cc1. The minimum Gasteiger partial charge on any atom is -0.492 e. The van der Waals surface area contributed by atoms with E-state index in [4.69, 9.17) is 4.74 Å². The summed E-state index contributed by atoms with van der Waals surface area (Å²) in [5.74, 6) is -2.26. The normalized spacial score (nSPS) is 18.8. The zero-order chi connectivity index (χ0) is 37.1. The van der Waals surface area contributed by atoms with Crippen LogP contribution in [-0.4, -0.2) is 80.1 Å². The van der Waals surface area contributed by atoms with Gasteiger partial charge < -0.3 is 9.53 Å². The Labute approximate surface area is 307 Å². The van der Waals surface area contributed by atoms with Gasteiger partial charge in [-0.1, -0.05) is 98.8 Å². The minimum absolute atomic E-state index is 0.0296. The van der Waals surface area contributed by atoms with Gasteiger partial charge in [-0.2, -0.15) is 0 Å². The van der Waals surface area contributed by atoms with Crippen LogP contribution in [0.5, 0.6) is 5.75 Å². The molecule has 9 heteroatoms. The van der Waals surface area contributed by atoms with Crippen molar-refractivity contribution in [3.05, 3.63) is 125 Å². The van der Waals surface area contributed by atoms with Crippen LogP contribution in [0.1, 0.15) is 73.6 Å². The van der Waals surface area contributed by atoms with E-state index in [-0.39, 0.29) is 37.3 Å². The van der Waals surface area contributed by atoms with Crippen LogP contribution in [0.3, 0.4) is 0 Å². The molecule has 2 heterocycles. The first-order valence-corrected chi connectivity index (χ1v) is 20.4. The predicted molar refractivity (Wildman–Crippen MR) is 204 cm³/mol. The third-order valence-corrected chi connectivity index (χ3v) is 15.8. The van der Waals surface area contributed by atoms with Gasteiger partial charge in [0.25, 0.3) is 14.2 Å². The van der Waals surface area contributed by atoms with Crippen LogP contribution in [0.4, 0.5) is 13.2 Å². The number of fused-ring (bicyclic) bond motifs is 1. The lowest BCUT2D eigenvalue weighted by atomic mass is 9.83. The standard InChI is InChI=1S/C43H51F3N2O3Si/c1-31-25-36-26-35(32(2)49)17-20-40(36)41(34-15-18-37(19-16-34)51-24-23-47-28-33(27-44)29-47)48(31)30-43(45,46)22-21-42(3,4)52(50,38-11-7-5-8-12-38)39-13-9-6-10-14-39/h5-20,26,31,33,41,50H,21-25,27-30H2,1-4H3/t31-,41-/m0/s1. The van der Waals surface area contributed by atoms with Crippen molar-refractivity contribution in [2.24, 2.45) is 5.92 Å². The van der Waals surface area contributed by atoms with Crippen LogP contribution in [0.25, 0.3) is 0 Å². The molecule has 0 saturated carbocycles. The molecule has 276 valence electrons. The highest BCUT2D eigenvalue weighted by Crippen LogP contribution is 2.45. The van der Waals surface area contributed by atoms with E-state index in [1.807, 2.05) is 123 Å². The fraction of sp³-hybridized carbons (Fsp3) is 0.419. The third-order valence-electron chi connectivity index (χ3n) is 11.3. The number of rotatable bonds is 15. The van der Waals surface area contributed by atoms with Gasteiger partial charge in [-0.25, -0.2) is 8.78 Å². The molecule has 0 bridgehead atoms. The molecular weight excluding hydrogens is 678 g/mol. The van der Waals surface area contributed by atoms with Crippen LogP contribution < -0.4 is 15.1 Å². The Hall–Kier alpha value is -3.76. The zero-order valence-electron chi connectivity index (χ0n) is 30.7. The van der Waals surface area contributed by atoms with E-state index in [1.54, 1.807) is 13.0 Å². The molecule has 1 saturated heterocycles. The molecule has 1 N–H and O–H groups in total. The number of nitrogens with zero attached hydrogens (tertiary/aromatic N) is 2. The monoisotopic (exact) mass is 728 g/mol. The lowest BCUT2D eigenvalue weighted by Gasteiger charge is -2.45. The van der Waals surface area contributed by atoms with Crippen LogP contribution in [0.15, 0.2) is 103 Å². The first kappa shape index (κ1) is 38.0. The molecule has 0 amide bonds. The second kappa shape index (κ2) is 15.7. The van der Waals surface area contributed by atoms with E-state index in [0.29, 0.717) is 24.3 Å². The fourth-order valence-corrected chi connectivity index (χ4v) is 11.8. The van der Waals surface area contributed by atoms with E-state index < -0.39 is 31.9 Å². The maximum absolute atomic E-state index is 16.5. The highest BCUT2D eigenvalue weighted by molar-refractivity contribution is 6.98. The predicted octanol–water partition coefficient (Wildman–Crippen LogP) is 7.45. The lowest BCUT2D eigenvalue weighted by Crippen LogP contribution is -2.65. The maximum Gasteiger partial charge on any atom is 0.260 e. The number of halogens is 3. The topological polar surface area (TPSA) is 53.0 Å². The minimum atomic E-state index is -3.45. The van der Waals surface area contributed by atoms with E-state index in [1.165, 1.54) is 0 Å². The molecule has 52 heavy (non-hydrogen) atoms. The van der Waals surface area contributed by atoms with Gasteiger partial charge >= 0.3 is 0 Å². The summed E-state index contributed by atoms with van der Waals surface area (Å²) < 4.78 is 51.8. The molecule has 0 aromatic heterocycles. The molecule has 1 fully saturated rings. The Balaban J connectivity index is 1.23. The zero-order valence-corrected chi connectivity index (χ0v) is 31.7. The molecule has 2 aliphatic rings. The van der Waals surface area contributed by atoms with Crippen molar-refractivity contribution in [2.45, 2.75) is 70.0 Å². The highest BCUT2D eigenvalue weighted by Gasteiger charge is 2.51. The molecule has 4 aromatic carbocycles. The van der Waals surface area contributed by atoms with Gasteiger partial charge in [-0.15, -0.1) is 0 Å². The number of ether oxygens (including phenoxy) is 1. The number of likely N-dealkylation sites (tertiary alicyclic amines) is 1. The molecule has 6 rings (SSSR count). The number of hydrogen-bond acceptors (Lipinski definition) is 5. The number of carbonyl (C=O) groups excluding carboxylic acids is 1. The van der Waals surface area contributed by atoms with E-state index >= 15 is 8.78 Å². The summed E-state index contributed by atoms with van der Waals surface area (Å²) in [5.41, 5.74) is 3.40. The van der Waals surface area contributed by atoms with E-state index in [9.17, 15) is 14.0 Å². The Bertz CT molecular complexity index is 1760. The summed E-state index contributed by atoms with van der Waals surface area (Å²) in [6.45, 7) is 9.36. The summed E-state index contributed by atoms with van der Waals surface area (Å²) in [6.07, 6.45) is 0.303. The Morgan fingerprint density at radius 1 is 0.904 bits per heavy atom. The fourth-order valence-electron chi connectivity index (χ4n) is 8.08. The van der Waals surface area contributed by atoms with E-state index in [0.717, 1.165) is 46.7 Å². The average molecular weight is 729 g/mol. The summed E-state index contributed by atoms with van der Waals surface area (Å²) in [7, 11) is -3.45. The van der Waals surface area contributed by atoms with Gasteiger partial charge in [0.05, 0.1) is 19.3 Å². The van der Waals surface area contributed by atoms with Crippen molar-refractivity contribution in [2.75, 3.05) is 39.5 Å². The van der Waals surface area contributed by atoms with Gasteiger partial charge in [0, 0.05) is 43.6 Å². The van der Waals surface area contributed by atoms with Crippen molar-refractivity contribution >= 4 is 24.5 Å². The van der Waals surface area contributed by atoms with Crippen LogP contribution in [0.2, 0.25) is 5.04 Å². The number of carbonyl (C=O) groups is 1. The quantitative estimate of drug-likeness (QED) is 0.102.